The van der Waals surface area contributed by atoms with Crippen molar-refractivity contribution in [2.24, 2.45) is 0 Å². The molecule has 8 nitrogen and oxygen atoms in total. The molecule has 1 aromatic heterocycles. The number of hydrogen-bond donors (Lipinski definition) is 3. The summed E-state index contributed by atoms with van der Waals surface area (Å²) < 4.78 is 8.14. The van der Waals surface area contributed by atoms with E-state index in [2.05, 4.69) is 32.9 Å². The van der Waals surface area contributed by atoms with Crippen LogP contribution < -0.4 is 5.32 Å². The van der Waals surface area contributed by atoms with Crippen LogP contribution in [0.2, 0.25) is 0 Å². The number of aliphatic hydroxyl groups excluding tert-OH is 2. The molecule has 0 radical (unpaired) electrons. The van der Waals surface area contributed by atoms with Gasteiger partial charge < -0.3 is 24.8 Å². The van der Waals surface area contributed by atoms with Gasteiger partial charge in [0.15, 0.2) is 0 Å². The zero-order chi connectivity index (χ0) is 19.1. The minimum atomic E-state index is -1.07. The lowest BCUT2D eigenvalue weighted by molar-refractivity contribution is -0.0873. The van der Waals surface area contributed by atoms with Crippen molar-refractivity contribution in [3.63, 3.8) is 0 Å². The van der Waals surface area contributed by atoms with Crippen LogP contribution in [-0.4, -0.2) is 50.1 Å². The average molecular weight is 481 g/mol. The molecule has 2 atom stereocenters. The molecular weight excluding hydrogens is 465 g/mol. The number of rotatable bonds is 4. The minimum Gasteiger partial charge on any atom is -0.394 e. The molecule has 0 unspecified atom stereocenters. The van der Waals surface area contributed by atoms with E-state index < -0.39 is 18.8 Å². The van der Waals surface area contributed by atoms with Gasteiger partial charge in [0.2, 0.25) is 11.6 Å². The second-order valence-electron chi connectivity index (χ2n) is 6.32. The number of carbonyl (C=O) groups excluding carboxylic acids is 2. The first-order valence-electron chi connectivity index (χ1n) is 8.31. The number of aliphatic hydroxyl groups is 2. The quantitative estimate of drug-likeness (QED) is 0.561. The summed E-state index contributed by atoms with van der Waals surface area (Å²) in [4.78, 5) is 29.8. The summed E-state index contributed by atoms with van der Waals surface area (Å²) in [5, 5.41) is 21.9. The summed E-state index contributed by atoms with van der Waals surface area (Å²) in [6.45, 7) is -0.255. The van der Waals surface area contributed by atoms with Crippen molar-refractivity contribution in [3.8, 4) is 0 Å². The fraction of sp³-hybridized carbons (Fsp3) is 0.278. The minimum absolute atomic E-state index is 0.0508. The van der Waals surface area contributed by atoms with Crippen molar-refractivity contribution >= 4 is 39.8 Å². The highest BCUT2D eigenvalue weighted by atomic mass is 127. The van der Waals surface area contributed by atoms with Crippen molar-refractivity contribution in [1.82, 2.24) is 9.55 Å². The number of imidazole rings is 1. The highest BCUT2D eigenvalue weighted by Crippen LogP contribution is 2.27. The average Bonchev–Trinajstić information content (AvgIpc) is 3.06. The van der Waals surface area contributed by atoms with Crippen molar-refractivity contribution in [1.29, 1.82) is 0 Å². The molecule has 0 fully saturated rings. The van der Waals surface area contributed by atoms with Crippen LogP contribution in [0.5, 0.6) is 0 Å². The summed E-state index contributed by atoms with van der Waals surface area (Å²) in [5.41, 5.74) is 1.14. The molecule has 1 aromatic carbocycles. The second kappa shape index (κ2) is 7.15. The highest BCUT2D eigenvalue weighted by molar-refractivity contribution is 14.1. The van der Waals surface area contributed by atoms with Crippen LogP contribution in [-0.2, 0) is 17.9 Å². The first kappa shape index (κ1) is 18.3. The van der Waals surface area contributed by atoms with Gasteiger partial charge in [-0.1, -0.05) is 0 Å². The summed E-state index contributed by atoms with van der Waals surface area (Å²) in [6, 6.07) is 7.43. The Morgan fingerprint density at radius 3 is 2.78 bits per heavy atom. The number of allylic oxidation sites excluding steroid dienone is 2. The van der Waals surface area contributed by atoms with Crippen LogP contribution in [0.25, 0.3) is 0 Å². The van der Waals surface area contributed by atoms with Crippen LogP contribution >= 0.6 is 22.6 Å². The number of anilines is 1. The predicted octanol–water partition coefficient (Wildman–Crippen LogP) is 1.11. The van der Waals surface area contributed by atoms with Crippen LogP contribution in [0.4, 0.5) is 5.69 Å². The zero-order valence-electron chi connectivity index (χ0n) is 14.1. The van der Waals surface area contributed by atoms with Crippen LogP contribution in [0.3, 0.4) is 0 Å². The van der Waals surface area contributed by atoms with Gasteiger partial charge in [-0.2, -0.15) is 0 Å². The molecule has 0 spiro atoms. The lowest BCUT2D eigenvalue weighted by Gasteiger charge is -2.28. The molecule has 3 N–H and O–H groups in total. The highest BCUT2D eigenvalue weighted by Gasteiger charge is 2.36. The number of halogens is 1. The molecule has 2 aromatic rings. The van der Waals surface area contributed by atoms with Gasteiger partial charge in [0.1, 0.15) is 36.0 Å². The lowest BCUT2D eigenvalue weighted by Crippen LogP contribution is -2.40. The lowest BCUT2D eigenvalue weighted by atomic mass is 10.0. The van der Waals surface area contributed by atoms with Gasteiger partial charge in [-0.25, -0.2) is 4.98 Å². The Morgan fingerprint density at radius 2 is 2.07 bits per heavy atom. The first-order valence-corrected chi connectivity index (χ1v) is 9.39. The van der Waals surface area contributed by atoms with Gasteiger partial charge in [-0.15, -0.1) is 0 Å². The number of hydrogen-bond acceptors (Lipinski definition) is 7. The van der Waals surface area contributed by atoms with Crippen LogP contribution in [0.1, 0.15) is 26.8 Å². The Labute approximate surface area is 168 Å². The maximum Gasteiger partial charge on any atom is 0.230 e. The fourth-order valence-corrected chi connectivity index (χ4v) is 3.51. The van der Waals surface area contributed by atoms with E-state index in [0.29, 0.717) is 11.5 Å². The van der Waals surface area contributed by atoms with E-state index in [1.165, 1.54) is 6.08 Å². The molecular formula is C18H16IN3O5. The molecule has 2 aliphatic rings. The number of benzene rings is 1. The number of ether oxygens (including phenoxy) is 1. The number of carbonyl (C=O) groups is 2. The summed E-state index contributed by atoms with van der Waals surface area (Å²) in [6.07, 6.45) is -0.469. The van der Waals surface area contributed by atoms with E-state index in [-0.39, 0.29) is 41.8 Å². The Balaban J connectivity index is 1.64. The third kappa shape index (κ3) is 3.31. The number of aromatic nitrogens is 2. The van der Waals surface area contributed by atoms with Crippen LogP contribution in [0, 0.1) is 3.57 Å². The molecule has 0 saturated heterocycles. The largest absolute Gasteiger partial charge is 0.394 e. The molecule has 0 saturated carbocycles. The monoisotopic (exact) mass is 481 g/mol. The molecule has 1 aliphatic carbocycles. The molecule has 4 rings (SSSR count). The number of nitrogens with zero attached hydrogens (tertiary/aromatic N) is 2. The van der Waals surface area contributed by atoms with Gasteiger partial charge >= 0.3 is 0 Å². The SMILES string of the molecule is O=C1C(Nc2ccc(I)cc2)=CC(=O)c2c1nc1n2C[C@@H]([C@H](O)CO)OC1. The third-order valence-corrected chi connectivity index (χ3v) is 5.26. The van der Waals surface area contributed by atoms with Crippen molar-refractivity contribution in [3.05, 3.63) is 56.8 Å². The number of Topliss-reactive ketones (excluding diaryl/α,β-unsaturated/α-hetero) is 1. The van der Waals surface area contributed by atoms with Crippen molar-refractivity contribution in [2.75, 3.05) is 11.9 Å². The first-order chi connectivity index (χ1) is 13.0. The Hall–Kier alpha value is -2.08. The molecule has 1 aliphatic heterocycles. The van der Waals surface area contributed by atoms with Gasteiger partial charge in [-0.05, 0) is 46.9 Å². The maximum atomic E-state index is 12.8. The molecule has 140 valence electrons. The van der Waals surface area contributed by atoms with E-state index in [1.807, 2.05) is 24.3 Å². The Bertz CT molecular complexity index is 951. The number of fused-ring (bicyclic) bond motifs is 3. The fourth-order valence-electron chi connectivity index (χ4n) is 3.15. The van der Waals surface area contributed by atoms with Gasteiger partial charge in [0, 0.05) is 15.3 Å². The molecule has 0 bridgehead atoms. The normalized spacial score (nSPS) is 20.0. The third-order valence-electron chi connectivity index (χ3n) is 4.54. The second-order valence-corrected chi connectivity index (χ2v) is 7.56. The summed E-state index contributed by atoms with van der Waals surface area (Å²) in [5.74, 6) is -0.258. The summed E-state index contributed by atoms with van der Waals surface area (Å²) in [7, 11) is 0. The van der Waals surface area contributed by atoms with Gasteiger partial charge in [-0.3, -0.25) is 9.59 Å². The van der Waals surface area contributed by atoms with E-state index in [4.69, 9.17) is 9.84 Å². The summed E-state index contributed by atoms with van der Waals surface area (Å²) >= 11 is 2.18. The van der Waals surface area contributed by atoms with E-state index in [1.54, 1.807) is 4.57 Å². The zero-order valence-corrected chi connectivity index (χ0v) is 16.2. The van der Waals surface area contributed by atoms with Gasteiger partial charge in [0.25, 0.3) is 0 Å². The smallest absolute Gasteiger partial charge is 0.230 e. The van der Waals surface area contributed by atoms with Crippen molar-refractivity contribution in [2.45, 2.75) is 25.4 Å². The standard InChI is InChI=1S/C18H16IN3O5/c19-9-1-3-10(4-2-9)20-11-5-12(24)17-16(18(11)26)21-15-8-27-14(6-22(15)17)13(25)7-23/h1-5,13-14,20,23,25H,6-8H2/t13-,14+/m1/s1. The van der Waals surface area contributed by atoms with E-state index in [0.717, 1.165) is 3.57 Å². The molecule has 0 amide bonds. The Kier molecular flexibility index (Phi) is 4.84. The predicted molar refractivity (Wildman–Crippen MR) is 103 cm³/mol. The molecule has 27 heavy (non-hydrogen) atoms. The topological polar surface area (TPSA) is 114 Å². The Morgan fingerprint density at radius 1 is 1.33 bits per heavy atom. The van der Waals surface area contributed by atoms with Gasteiger partial charge in [0.05, 0.1) is 18.8 Å². The van der Waals surface area contributed by atoms with Crippen molar-refractivity contribution < 1.29 is 24.5 Å². The number of nitrogens with one attached hydrogen (secondary N) is 1. The maximum absolute atomic E-state index is 12.8. The van der Waals surface area contributed by atoms with Crippen LogP contribution in [0.15, 0.2) is 36.0 Å². The molecule has 9 heteroatoms. The molecule has 2 heterocycles. The van der Waals surface area contributed by atoms with E-state index >= 15 is 0 Å². The van der Waals surface area contributed by atoms with E-state index in [9.17, 15) is 14.7 Å². The number of ketones is 2.